The van der Waals surface area contributed by atoms with Crippen molar-refractivity contribution in [1.29, 1.82) is 0 Å². The summed E-state index contributed by atoms with van der Waals surface area (Å²) in [7, 11) is 0. The minimum Gasteiger partial charge on any atom is -0.490 e. The van der Waals surface area contributed by atoms with E-state index < -0.39 is 0 Å². The Balaban J connectivity index is 0.000000146. The molecule has 0 radical (unpaired) electrons. The van der Waals surface area contributed by atoms with Gasteiger partial charge in [-0.3, -0.25) is 9.59 Å². The predicted octanol–water partition coefficient (Wildman–Crippen LogP) is 4.28. The Labute approximate surface area is 327 Å². The second-order valence-electron chi connectivity index (χ2n) is 16.2. The van der Waals surface area contributed by atoms with Crippen LogP contribution in [0.4, 0.5) is 11.6 Å². The fourth-order valence-corrected chi connectivity index (χ4v) is 9.15. The normalized spacial score (nSPS) is 21.4. The minimum absolute atomic E-state index is 0.0221. The number of ether oxygens (including phenoxy) is 2. The number of amides is 2. The van der Waals surface area contributed by atoms with E-state index in [2.05, 4.69) is 44.7 Å². The van der Waals surface area contributed by atoms with Crippen LogP contribution in [-0.4, -0.2) is 82.6 Å². The van der Waals surface area contributed by atoms with Crippen LogP contribution in [-0.2, 0) is 38.8 Å². The molecule has 4 N–H and O–H groups in total. The van der Waals surface area contributed by atoms with Gasteiger partial charge in [0.2, 0.25) is 0 Å². The Morgan fingerprint density at radius 2 is 0.982 bits per heavy atom. The fourth-order valence-electron chi connectivity index (χ4n) is 9.15. The lowest BCUT2D eigenvalue weighted by Gasteiger charge is -2.34. The van der Waals surface area contributed by atoms with E-state index in [9.17, 15) is 19.8 Å². The third kappa shape index (κ3) is 7.39. The van der Waals surface area contributed by atoms with Gasteiger partial charge in [-0.2, -0.15) is 0 Å². The molecular weight excluding hydrogens is 709 g/mol. The zero-order valence-electron chi connectivity index (χ0n) is 32.1. The summed E-state index contributed by atoms with van der Waals surface area (Å²) < 4.78 is 12.5. The topological polar surface area (TPSA) is 149 Å². The number of carbonyl (C=O) groups excluding carboxylic acids is 2. The second kappa shape index (κ2) is 15.0. The quantitative estimate of drug-likeness (QED) is 0.225. The zero-order chi connectivity index (χ0) is 38.5. The molecule has 2 saturated heterocycles. The SMILES string of the molecule is Cc1cc2c(nc1N1CCC(Oc3ccc4c(c3)C[C@@H](O)C4)CC1)CNC2=O.Cc1cc2c(nc1N1CCC(Oc3ccc4c(c3)C[C@H](O)C4)CC1)CNC2=O. The van der Waals surface area contributed by atoms with Crippen LogP contribution >= 0.6 is 0 Å². The van der Waals surface area contributed by atoms with Crippen molar-refractivity contribution in [3.8, 4) is 11.5 Å². The van der Waals surface area contributed by atoms with Crippen LogP contribution in [0.5, 0.6) is 11.5 Å². The monoisotopic (exact) mass is 758 g/mol. The molecular formula is C44H50N6O6. The molecule has 2 amide bonds. The van der Waals surface area contributed by atoms with Gasteiger partial charge in [-0.25, -0.2) is 9.97 Å². The number of benzene rings is 2. The number of piperidine rings is 2. The van der Waals surface area contributed by atoms with Crippen molar-refractivity contribution in [2.75, 3.05) is 36.0 Å². The summed E-state index contributed by atoms with van der Waals surface area (Å²) in [5, 5.41) is 25.3. The van der Waals surface area contributed by atoms with Gasteiger partial charge in [0.25, 0.3) is 11.8 Å². The van der Waals surface area contributed by atoms with Crippen LogP contribution in [0.25, 0.3) is 0 Å². The number of nitrogens with one attached hydrogen (secondary N) is 2. The summed E-state index contributed by atoms with van der Waals surface area (Å²) in [6.07, 6.45) is 6.61. The Bertz CT molecular complexity index is 2020. The summed E-state index contributed by atoms with van der Waals surface area (Å²) >= 11 is 0. The summed E-state index contributed by atoms with van der Waals surface area (Å²) in [4.78, 5) is 37.8. The molecule has 2 fully saturated rings. The maximum Gasteiger partial charge on any atom is 0.253 e. The lowest BCUT2D eigenvalue weighted by Crippen LogP contribution is -2.39. The second-order valence-corrected chi connectivity index (χ2v) is 16.2. The molecule has 0 bridgehead atoms. The van der Waals surface area contributed by atoms with Gasteiger partial charge < -0.3 is 40.1 Å². The summed E-state index contributed by atoms with van der Waals surface area (Å²) in [5.74, 6) is 3.74. The minimum atomic E-state index is -0.248. The summed E-state index contributed by atoms with van der Waals surface area (Å²) in [6.45, 7) is 8.66. The molecule has 292 valence electrons. The van der Waals surface area contributed by atoms with Gasteiger partial charge in [-0.15, -0.1) is 0 Å². The average Bonchev–Trinajstić information content (AvgIpc) is 3.96. The van der Waals surface area contributed by atoms with Crippen molar-refractivity contribution in [3.05, 3.63) is 104 Å². The highest BCUT2D eigenvalue weighted by atomic mass is 16.5. The number of anilines is 2. The molecule has 12 nitrogen and oxygen atoms in total. The molecule has 10 rings (SSSR count). The molecule has 6 heterocycles. The number of rotatable bonds is 6. The van der Waals surface area contributed by atoms with Gasteiger partial charge in [-0.1, -0.05) is 12.1 Å². The number of pyridine rings is 2. The van der Waals surface area contributed by atoms with Gasteiger partial charge >= 0.3 is 0 Å². The van der Waals surface area contributed by atoms with E-state index in [1.165, 1.54) is 22.3 Å². The number of aliphatic hydroxyl groups is 2. The van der Waals surface area contributed by atoms with Crippen LogP contribution in [0.2, 0.25) is 0 Å². The van der Waals surface area contributed by atoms with Crippen molar-refractivity contribution in [1.82, 2.24) is 20.6 Å². The van der Waals surface area contributed by atoms with Crippen molar-refractivity contribution in [3.63, 3.8) is 0 Å². The standard InChI is InChI=1S/2C22H25N3O3/c2*1-13-8-19-20(12-23-22(19)27)24-21(13)25-6-4-17(5-7-25)28-18-3-2-14-9-16(26)10-15(14)11-18/h2*2-3,8,11,16-17,26H,4-7,9-10,12H2,1H3,(H,23,27)/t2*16-/m10/s1. The Hall–Kier alpha value is -5.20. The molecule has 4 aromatic rings. The number of carbonyl (C=O) groups is 2. The van der Waals surface area contributed by atoms with Crippen LogP contribution in [0.1, 0.15) is 91.2 Å². The first kappa shape index (κ1) is 36.4. The van der Waals surface area contributed by atoms with Crippen molar-refractivity contribution >= 4 is 23.5 Å². The molecule has 2 aromatic carbocycles. The smallest absolute Gasteiger partial charge is 0.253 e. The van der Waals surface area contributed by atoms with Gasteiger partial charge in [0, 0.05) is 51.9 Å². The first-order valence-corrected chi connectivity index (χ1v) is 20.1. The predicted molar refractivity (Wildman–Crippen MR) is 212 cm³/mol. The Morgan fingerprint density at radius 3 is 1.39 bits per heavy atom. The van der Waals surface area contributed by atoms with E-state index >= 15 is 0 Å². The average molecular weight is 759 g/mol. The molecule has 4 aliphatic heterocycles. The van der Waals surface area contributed by atoms with E-state index in [0.29, 0.717) is 24.2 Å². The largest absolute Gasteiger partial charge is 0.490 e. The molecule has 0 spiro atoms. The molecule has 0 saturated carbocycles. The first-order chi connectivity index (χ1) is 27.1. The highest BCUT2D eigenvalue weighted by Crippen LogP contribution is 2.32. The molecule has 2 aromatic heterocycles. The fraction of sp³-hybridized carbons (Fsp3) is 0.455. The van der Waals surface area contributed by atoms with Crippen LogP contribution < -0.4 is 29.9 Å². The van der Waals surface area contributed by atoms with Crippen molar-refractivity contribution < 1.29 is 29.3 Å². The van der Waals surface area contributed by atoms with Gasteiger partial charge in [-0.05, 0) is 109 Å². The lowest BCUT2D eigenvalue weighted by atomic mass is 10.1. The molecule has 0 unspecified atom stereocenters. The lowest BCUT2D eigenvalue weighted by molar-refractivity contribution is 0.0957. The highest BCUT2D eigenvalue weighted by Gasteiger charge is 2.29. The third-order valence-electron chi connectivity index (χ3n) is 12.1. The molecule has 12 heteroatoms. The number of hydrogen-bond donors (Lipinski definition) is 4. The maximum atomic E-state index is 11.8. The summed E-state index contributed by atoms with van der Waals surface area (Å²) in [5.41, 5.74) is 10.1. The number of fused-ring (bicyclic) bond motifs is 4. The molecule has 2 aliphatic carbocycles. The van der Waals surface area contributed by atoms with Crippen molar-refractivity contribution in [2.24, 2.45) is 0 Å². The van der Waals surface area contributed by atoms with E-state index in [0.717, 1.165) is 123 Å². The molecule has 2 atom stereocenters. The third-order valence-corrected chi connectivity index (χ3v) is 12.1. The number of aryl methyl sites for hydroxylation is 2. The Morgan fingerprint density at radius 1 is 0.589 bits per heavy atom. The Kier molecular flexibility index (Phi) is 9.79. The molecule has 6 aliphatic rings. The van der Waals surface area contributed by atoms with Crippen molar-refractivity contribution in [2.45, 2.75) is 103 Å². The van der Waals surface area contributed by atoms with E-state index in [1.54, 1.807) is 0 Å². The van der Waals surface area contributed by atoms with Gasteiger partial charge in [0.05, 0.1) is 47.8 Å². The first-order valence-electron chi connectivity index (χ1n) is 20.1. The summed E-state index contributed by atoms with van der Waals surface area (Å²) in [6, 6.07) is 16.3. The zero-order valence-corrected chi connectivity index (χ0v) is 32.1. The van der Waals surface area contributed by atoms with Crippen LogP contribution in [0, 0.1) is 13.8 Å². The number of aliphatic hydroxyl groups excluding tert-OH is 2. The van der Waals surface area contributed by atoms with E-state index in [-0.39, 0.29) is 36.2 Å². The number of aromatic nitrogens is 2. The van der Waals surface area contributed by atoms with Gasteiger partial charge in [0.15, 0.2) is 0 Å². The highest BCUT2D eigenvalue weighted by molar-refractivity contribution is 5.98. The maximum absolute atomic E-state index is 11.8. The van der Waals surface area contributed by atoms with E-state index in [1.807, 2.05) is 38.1 Å². The van der Waals surface area contributed by atoms with Gasteiger partial charge in [0.1, 0.15) is 35.3 Å². The number of hydrogen-bond acceptors (Lipinski definition) is 10. The number of nitrogens with zero attached hydrogens (tertiary/aromatic N) is 4. The van der Waals surface area contributed by atoms with Crippen LogP contribution in [0.3, 0.4) is 0 Å². The van der Waals surface area contributed by atoms with Crippen LogP contribution in [0.15, 0.2) is 48.5 Å². The molecule has 56 heavy (non-hydrogen) atoms. The van der Waals surface area contributed by atoms with E-state index in [4.69, 9.17) is 19.4 Å².